The van der Waals surface area contributed by atoms with E-state index in [0.717, 1.165) is 5.56 Å². The molecule has 0 spiro atoms. The van der Waals surface area contributed by atoms with E-state index < -0.39 is 0 Å². The molecule has 5 heteroatoms. The number of aromatic nitrogens is 1. The Kier molecular flexibility index (Phi) is 12.2. The number of nitrogens with one attached hydrogen (secondary N) is 1. The van der Waals surface area contributed by atoms with E-state index in [4.69, 9.17) is 0 Å². The lowest BCUT2D eigenvalue weighted by molar-refractivity contribution is 0.112. The predicted molar refractivity (Wildman–Crippen MR) is 97.4 cm³/mol. The van der Waals surface area contributed by atoms with Gasteiger partial charge in [-0.25, -0.2) is 0 Å². The molecular weight excluding hydrogens is 290 g/mol. The molecule has 1 aliphatic heterocycles. The van der Waals surface area contributed by atoms with Gasteiger partial charge in [0.05, 0.1) is 0 Å². The van der Waals surface area contributed by atoms with Crippen molar-refractivity contribution in [3.63, 3.8) is 0 Å². The summed E-state index contributed by atoms with van der Waals surface area (Å²) in [5, 5.41) is 0. The van der Waals surface area contributed by atoms with E-state index in [1.54, 1.807) is 6.92 Å². The van der Waals surface area contributed by atoms with E-state index in [1.165, 1.54) is 57.6 Å². The molecule has 1 N–H and O–H groups in total. The molecule has 1 saturated heterocycles. The van der Waals surface area contributed by atoms with Crippen LogP contribution in [0, 0.1) is 6.92 Å². The topological polar surface area (TPSA) is 56.4 Å². The Morgan fingerprint density at radius 2 is 1.91 bits per heavy atom. The molecule has 0 radical (unpaired) electrons. The van der Waals surface area contributed by atoms with E-state index in [-0.39, 0.29) is 5.56 Å². The summed E-state index contributed by atoms with van der Waals surface area (Å²) < 4.78 is 0. The van der Waals surface area contributed by atoms with Crippen molar-refractivity contribution in [2.24, 2.45) is 0 Å². The van der Waals surface area contributed by atoms with Crippen molar-refractivity contribution in [1.29, 1.82) is 0 Å². The van der Waals surface area contributed by atoms with Gasteiger partial charge in [0.25, 0.3) is 0 Å². The smallest absolute Gasteiger partial charge is 0.248 e. The number of nitrogens with zero attached hydrogens (tertiary/aromatic N) is 2. The zero-order chi connectivity index (χ0) is 17.7. The van der Waals surface area contributed by atoms with Gasteiger partial charge in [0.15, 0.2) is 6.29 Å². The number of rotatable bonds is 4. The largest absolute Gasteiger partial charge is 0.329 e. The molecule has 1 aromatic heterocycles. The number of hydrogen-bond donors (Lipinski definition) is 1. The first-order chi connectivity index (χ1) is 10.9. The van der Waals surface area contributed by atoms with Gasteiger partial charge in [-0.15, -0.1) is 0 Å². The lowest BCUT2D eigenvalue weighted by Crippen LogP contribution is -2.12. The third kappa shape index (κ3) is 11.7. The van der Waals surface area contributed by atoms with E-state index in [2.05, 4.69) is 42.9 Å². The minimum atomic E-state index is -0.243. The second-order valence-corrected chi connectivity index (χ2v) is 6.22. The van der Waals surface area contributed by atoms with Crippen LogP contribution in [0.4, 0.5) is 0 Å². The summed E-state index contributed by atoms with van der Waals surface area (Å²) >= 11 is 0. The van der Waals surface area contributed by atoms with Crippen molar-refractivity contribution < 1.29 is 4.79 Å². The molecule has 1 aliphatic rings. The molecule has 0 bridgehead atoms. The van der Waals surface area contributed by atoms with Crippen molar-refractivity contribution in [1.82, 2.24) is 14.8 Å². The fraction of sp³-hybridized carbons (Fsp3) is 0.667. The quantitative estimate of drug-likeness (QED) is 0.865. The Balaban J connectivity index is 0.000000329. The Hall–Kier alpha value is -1.46. The molecule has 0 aliphatic carbocycles. The summed E-state index contributed by atoms with van der Waals surface area (Å²) in [6, 6.07) is 1.28. The summed E-state index contributed by atoms with van der Waals surface area (Å²) in [4.78, 5) is 27.8. The van der Waals surface area contributed by atoms with Crippen LogP contribution in [0.25, 0.3) is 0 Å². The van der Waals surface area contributed by atoms with Gasteiger partial charge in [0.1, 0.15) is 0 Å². The number of aryl methyl sites for hydroxylation is 1. The predicted octanol–water partition coefficient (Wildman–Crippen LogP) is 2.56. The Morgan fingerprint density at radius 1 is 1.30 bits per heavy atom. The molecule has 0 amide bonds. The maximum atomic E-state index is 10.6. The number of carbonyl (C=O) groups is 1. The molecular formula is C18H33N3O2. The monoisotopic (exact) mass is 323 g/mol. The SMILES string of the molecule is CCCCN(C)C.CN1CCCC1.Cc1c[nH]c(=O)cc1C=O. The number of unbranched alkanes of at least 4 members (excludes halogenated alkanes) is 1. The molecule has 132 valence electrons. The molecule has 2 rings (SSSR count). The summed E-state index contributed by atoms with van der Waals surface area (Å²) in [6.07, 6.45) is 7.65. The maximum absolute atomic E-state index is 10.6. The van der Waals surface area contributed by atoms with Crippen LogP contribution in [0.15, 0.2) is 17.1 Å². The highest BCUT2D eigenvalue weighted by Crippen LogP contribution is 2.02. The maximum Gasteiger partial charge on any atom is 0.248 e. The van der Waals surface area contributed by atoms with Crippen LogP contribution in [0.3, 0.4) is 0 Å². The van der Waals surface area contributed by atoms with E-state index >= 15 is 0 Å². The first-order valence-electron chi connectivity index (χ1n) is 8.38. The van der Waals surface area contributed by atoms with Crippen molar-refractivity contribution in [2.75, 3.05) is 40.8 Å². The van der Waals surface area contributed by atoms with Gasteiger partial charge in [0, 0.05) is 17.8 Å². The van der Waals surface area contributed by atoms with Gasteiger partial charge in [-0.05, 0) is 72.5 Å². The van der Waals surface area contributed by atoms with Gasteiger partial charge in [-0.1, -0.05) is 13.3 Å². The molecule has 2 heterocycles. The summed E-state index contributed by atoms with van der Waals surface area (Å²) in [7, 11) is 6.39. The van der Waals surface area contributed by atoms with Crippen molar-refractivity contribution in [3.8, 4) is 0 Å². The van der Waals surface area contributed by atoms with Crippen LogP contribution in [-0.4, -0.2) is 61.8 Å². The van der Waals surface area contributed by atoms with Crippen LogP contribution in [-0.2, 0) is 0 Å². The molecule has 0 aromatic carbocycles. The fourth-order valence-corrected chi connectivity index (χ4v) is 2.04. The molecule has 0 atom stereocenters. The van der Waals surface area contributed by atoms with Crippen molar-refractivity contribution in [2.45, 2.75) is 39.5 Å². The Labute approximate surface area is 140 Å². The average molecular weight is 323 g/mol. The first-order valence-corrected chi connectivity index (χ1v) is 8.38. The van der Waals surface area contributed by atoms with E-state index in [0.29, 0.717) is 11.8 Å². The lowest BCUT2D eigenvalue weighted by atomic mass is 10.2. The number of carbonyl (C=O) groups excluding carboxylic acids is 1. The van der Waals surface area contributed by atoms with Crippen LogP contribution < -0.4 is 5.56 Å². The molecule has 0 saturated carbocycles. The highest BCUT2D eigenvalue weighted by molar-refractivity contribution is 5.76. The summed E-state index contributed by atoms with van der Waals surface area (Å²) in [5.41, 5.74) is 0.992. The number of hydrogen-bond acceptors (Lipinski definition) is 4. The third-order valence-corrected chi connectivity index (χ3v) is 3.59. The minimum Gasteiger partial charge on any atom is -0.329 e. The molecule has 0 unspecified atom stereocenters. The standard InChI is InChI=1S/C7H7NO2.C6H15N.C5H11N/c1-5-3-8-7(10)2-6(5)4-9;1-4-5-6-7(2)3;1-6-4-2-3-5-6/h2-4H,1H3,(H,8,10);4-6H2,1-3H3;2-5H2,1H3. The zero-order valence-electron chi connectivity index (χ0n) is 15.4. The highest BCUT2D eigenvalue weighted by Gasteiger charge is 2.03. The zero-order valence-corrected chi connectivity index (χ0v) is 15.4. The number of H-pyrrole nitrogens is 1. The number of pyridine rings is 1. The van der Waals surface area contributed by atoms with Gasteiger partial charge in [-0.2, -0.15) is 0 Å². The third-order valence-electron chi connectivity index (χ3n) is 3.59. The Morgan fingerprint density at radius 3 is 2.22 bits per heavy atom. The van der Waals surface area contributed by atoms with Crippen LogP contribution in [0.1, 0.15) is 48.5 Å². The van der Waals surface area contributed by atoms with Crippen LogP contribution in [0.2, 0.25) is 0 Å². The van der Waals surface area contributed by atoms with E-state index in [9.17, 15) is 9.59 Å². The molecule has 5 nitrogen and oxygen atoms in total. The van der Waals surface area contributed by atoms with Gasteiger partial charge in [-0.3, -0.25) is 9.59 Å². The van der Waals surface area contributed by atoms with Crippen LogP contribution >= 0.6 is 0 Å². The first kappa shape index (κ1) is 21.5. The molecule has 1 aromatic rings. The number of likely N-dealkylation sites (tertiary alicyclic amines) is 1. The summed E-state index contributed by atoms with van der Waals surface area (Å²) in [6.45, 7) is 7.85. The van der Waals surface area contributed by atoms with Gasteiger partial charge >= 0.3 is 0 Å². The number of aromatic amines is 1. The normalized spacial score (nSPS) is 13.8. The van der Waals surface area contributed by atoms with E-state index in [1.807, 2.05) is 0 Å². The molecule has 23 heavy (non-hydrogen) atoms. The fourth-order valence-electron chi connectivity index (χ4n) is 2.04. The van der Waals surface area contributed by atoms with Crippen molar-refractivity contribution >= 4 is 6.29 Å². The number of aldehydes is 1. The lowest BCUT2D eigenvalue weighted by Gasteiger charge is -2.05. The Bertz CT molecular complexity index is 477. The van der Waals surface area contributed by atoms with Crippen molar-refractivity contribution in [3.05, 3.63) is 33.7 Å². The molecule has 1 fully saturated rings. The summed E-state index contributed by atoms with van der Waals surface area (Å²) in [5.74, 6) is 0. The second-order valence-electron chi connectivity index (χ2n) is 6.22. The highest BCUT2D eigenvalue weighted by atomic mass is 16.1. The second kappa shape index (κ2) is 13.0. The van der Waals surface area contributed by atoms with Crippen LogP contribution in [0.5, 0.6) is 0 Å². The van der Waals surface area contributed by atoms with Gasteiger partial charge in [0.2, 0.25) is 5.56 Å². The average Bonchev–Trinajstić information content (AvgIpc) is 3.00. The minimum absolute atomic E-state index is 0.243. The van der Waals surface area contributed by atoms with Gasteiger partial charge < -0.3 is 14.8 Å².